The zero-order chi connectivity index (χ0) is 5.40. The van der Waals surface area contributed by atoms with Gasteiger partial charge in [-0.2, -0.15) is 0 Å². The summed E-state index contributed by atoms with van der Waals surface area (Å²) in [6.45, 7) is 0. The smallest absolute Gasteiger partial charge is 0.182 e. The van der Waals surface area contributed by atoms with Gasteiger partial charge in [0.1, 0.15) is 5.52 Å². The van der Waals surface area contributed by atoms with Crippen LogP contribution in [-0.2, 0) is 0 Å². The van der Waals surface area contributed by atoms with Crippen LogP contribution < -0.4 is 0 Å². The minimum Gasteiger partial charge on any atom is -0.443 e. The van der Waals surface area contributed by atoms with E-state index in [1.165, 1.54) is 6.39 Å². The highest BCUT2D eigenvalue weighted by atomic mass is 32.1. The van der Waals surface area contributed by atoms with E-state index in [-0.39, 0.29) is 0 Å². The van der Waals surface area contributed by atoms with Crippen LogP contribution in [0.15, 0.2) is 21.6 Å². The number of nitrogens with zero attached hydrogens (tertiary/aromatic N) is 1. The molecule has 2 nitrogen and oxygen atoms in total. The quantitative estimate of drug-likeness (QED) is 0.537. The van der Waals surface area contributed by atoms with Crippen molar-refractivity contribution in [3.8, 4) is 0 Å². The third-order valence-electron chi connectivity index (χ3n) is 0.979. The maximum atomic E-state index is 4.96. The van der Waals surface area contributed by atoms with Crippen LogP contribution in [0.1, 0.15) is 0 Å². The molecular formula is C5H3NOS. The predicted octanol–water partition coefficient (Wildman–Crippen LogP) is 1.89. The molecular weight excluding hydrogens is 122 g/mol. The fraction of sp³-hybridized carbons (Fsp3) is 0. The van der Waals surface area contributed by atoms with Gasteiger partial charge < -0.3 is 4.42 Å². The fourth-order valence-corrected chi connectivity index (χ4v) is 1.27. The summed E-state index contributed by atoms with van der Waals surface area (Å²) in [4.78, 5) is 3.92. The summed E-state index contributed by atoms with van der Waals surface area (Å²) >= 11 is 1.60. The molecule has 3 heteroatoms. The number of rotatable bonds is 0. The van der Waals surface area contributed by atoms with Crippen molar-refractivity contribution in [2.24, 2.45) is 0 Å². The van der Waals surface area contributed by atoms with Crippen LogP contribution in [-0.4, -0.2) is 4.98 Å². The first-order valence-electron chi connectivity index (χ1n) is 2.22. The topological polar surface area (TPSA) is 26.0 Å². The predicted molar refractivity (Wildman–Crippen MR) is 31.9 cm³/mol. The second-order valence-electron chi connectivity index (χ2n) is 1.47. The van der Waals surface area contributed by atoms with Gasteiger partial charge in [0.15, 0.2) is 12.0 Å². The molecule has 0 atom stereocenters. The molecule has 0 fully saturated rings. The highest BCUT2D eigenvalue weighted by Crippen LogP contribution is 2.15. The normalized spacial score (nSPS) is 10.5. The molecule has 2 aromatic heterocycles. The molecule has 2 aromatic rings. The first-order valence-corrected chi connectivity index (χ1v) is 3.16. The van der Waals surface area contributed by atoms with E-state index in [1.54, 1.807) is 11.3 Å². The average molecular weight is 125 g/mol. The lowest BCUT2D eigenvalue weighted by Crippen LogP contribution is -1.49. The summed E-state index contributed by atoms with van der Waals surface area (Å²) in [7, 11) is 0. The van der Waals surface area contributed by atoms with Crippen molar-refractivity contribution in [1.82, 2.24) is 4.98 Å². The lowest BCUT2D eigenvalue weighted by molar-refractivity contribution is 0.603. The molecule has 0 spiro atoms. The van der Waals surface area contributed by atoms with E-state index in [0.717, 1.165) is 11.1 Å². The Labute approximate surface area is 49.8 Å². The van der Waals surface area contributed by atoms with Crippen molar-refractivity contribution in [2.45, 2.75) is 0 Å². The Morgan fingerprint density at radius 2 is 2.50 bits per heavy atom. The van der Waals surface area contributed by atoms with Crippen LogP contribution in [0.3, 0.4) is 0 Å². The molecule has 0 saturated carbocycles. The average Bonchev–Trinajstić information content (AvgIpc) is 2.15. The number of aromatic nitrogens is 1. The van der Waals surface area contributed by atoms with E-state index >= 15 is 0 Å². The van der Waals surface area contributed by atoms with E-state index in [2.05, 4.69) is 4.98 Å². The minimum absolute atomic E-state index is 0.884. The van der Waals surface area contributed by atoms with Gasteiger partial charge in [0.25, 0.3) is 0 Å². The molecule has 0 bridgehead atoms. The van der Waals surface area contributed by atoms with Crippen molar-refractivity contribution in [3.63, 3.8) is 0 Å². The Bertz CT molecular complexity index is 234. The maximum absolute atomic E-state index is 4.96. The van der Waals surface area contributed by atoms with Gasteiger partial charge in [-0.3, -0.25) is 0 Å². The Hall–Kier alpha value is -0.830. The Kier molecular flexibility index (Phi) is 0.676. The van der Waals surface area contributed by atoms with Crippen molar-refractivity contribution in [2.75, 3.05) is 0 Å². The Morgan fingerprint density at radius 1 is 1.50 bits per heavy atom. The summed E-state index contributed by atoms with van der Waals surface area (Å²) in [5.41, 5.74) is 1.84. The molecule has 0 N–H and O–H groups in total. The SMILES string of the molecule is c1nc2cscc2o1. The van der Waals surface area contributed by atoms with Gasteiger partial charge in [-0.05, 0) is 0 Å². The van der Waals surface area contributed by atoms with Gasteiger partial charge in [-0.25, -0.2) is 4.98 Å². The van der Waals surface area contributed by atoms with Crippen LogP contribution in [0.4, 0.5) is 0 Å². The third kappa shape index (κ3) is 0.391. The van der Waals surface area contributed by atoms with Gasteiger partial charge in [0.05, 0.1) is 0 Å². The van der Waals surface area contributed by atoms with Crippen LogP contribution in [0, 0.1) is 0 Å². The highest BCUT2D eigenvalue weighted by molar-refractivity contribution is 7.09. The van der Waals surface area contributed by atoms with E-state index in [9.17, 15) is 0 Å². The first kappa shape index (κ1) is 4.09. The molecule has 0 unspecified atom stereocenters. The zero-order valence-electron chi connectivity index (χ0n) is 4.00. The molecule has 2 heterocycles. The van der Waals surface area contributed by atoms with Crippen LogP contribution in [0.25, 0.3) is 11.1 Å². The second kappa shape index (κ2) is 1.32. The van der Waals surface area contributed by atoms with Crippen molar-refractivity contribution < 1.29 is 4.42 Å². The van der Waals surface area contributed by atoms with E-state index in [0.29, 0.717) is 0 Å². The highest BCUT2D eigenvalue weighted by Gasteiger charge is 1.94. The largest absolute Gasteiger partial charge is 0.443 e. The summed E-state index contributed by atoms with van der Waals surface area (Å²) in [5, 5.41) is 3.89. The molecule has 0 aromatic carbocycles. The number of oxazole rings is 1. The molecule has 0 aliphatic carbocycles. The first-order chi connectivity index (χ1) is 3.97. The Balaban J connectivity index is 3.06. The van der Waals surface area contributed by atoms with E-state index < -0.39 is 0 Å². The lowest BCUT2D eigenvalue weighted by Gasteiger charge is -1.62. The third-order valence-corrected chi connectivity index (χ3v) is 1.69. The standard InChI is InChI=1S/C5H3NOS/c1-4-5(2-8-1)7-3-6-4/h1-3H. The molecule has 40 valence electrons. The lowest BCUT2D eigenvalue weighted by atomic mass is 10.6. The summed E-state index contributed by atoms with van der Waals surface area (Å²) < 4.78 is 4.96. The number of hydrogen-bond acceptors (Lipinski definition) is 3. The molecule has 0 aliphatic heterocycles. The van der Waals surface area contributed by atoms with Gasteiger partial charge in [-0.1, -0.05) is 0 Å². The Morgan fingerprint density at radius 3 is 3.38 bits per heavy atom. The number of fused-ring (bicyclic) bond motifs is 1. The molecule has 8 heavy (non-hydrogen) atoms. The number of thiophene rings is 1. The summed E-state index contributed by atoms with van der Waals surface area (Å²) in [5.74, 6) is 0. The number of hydrogen-bond donors (Lipinski definition) is 0. The molecule has 0 radical (unpaired) electrons. The molecule has 0 amide bonds. The molecule has 2 rings (SSSR count). The van der Waals surface area contributed by atoms with E-state index in [1.807, 2.05) is 10.8 Å². The van der Waals surface area contributed by atoms with E-state index in [4.69, 9.17) is 4.42 Å². The van der Waals surface area contributed by atoms with Gasteiger partial charge in [0.2, 0.25) is 0 Å². The van der Waals surface area contributed by atoms with Crippen LogP contribution in [0.5, 0.6) is 0 Å². The van der Waals surface area contributed by atoms with Crippen molar-refractivity contribution >= 4 is 22.4 Å². The van der Waals surface area contributed by atoms with Crippen LogP contribution in [0.2, 0.25) is 0 Å². The fourth-order valence-electron chi connectivity index (χ4n) is 0.601. The van der Waals surface area contributed by atoms with Crippen molar-refractivity contribution in [3.05, 3.63) is 17.2 Å². The van der Waals surface area contributed by atoms with Crippen molar-refractivity contribution in [1.29, 1.82) is 0 Å². The zero-order valence-corrected chi connectivity index (χ0v) is 4.81. The maximum Gasteiger partial charge on any atom is 0.182 e. The van der Waals surface area contributed by atoms with Crippen LogP contribution >= 0.6 is 11.3 Å². The van der Waals surface area contributed by atoms with Gasteiger partial charge in [-0.15, -0.1) is 11.3 Å². The molecule has 0 saturated heterocycles. The summed E-state index contributed by atoms with van der Waals surface area (Å²) in [6.07, 6.45) is 1.46. The minimum atomic E-state index is 0.884. The van der Waals surface area contributed by atoms with Gasteiger partial charge in [0, 0.05) is 10.8 Å². The second-order valence-corrected chi connectivity index (χ2v) is 2.22. The van der Waals surface area contributed by atoms with Gasteiger partial charge >= 0.3 is 0 Å². The molecule has 0 aliphatic rings. The summed E-state index contributed by atoms with van der Waals surface area (Å²) in [6, 6.07) is 0. The monoisotopic (exact) mass is 125 g/mol.